The molecule has 3 aromatic rings. The molecule has 6 rings (SSSR count). The average Bonchev–Trinajstić information content (AvgIpc) is 3.44. The molecule has 2 saturated heterocycles. The number of hydrogen-bond donors (Lipinski definition) is 1. The topological polar surface area (TPSA) is 112 Å². The Morgan fingerprint density at radius 2 is 1.84 bits per heavy atom. The number of fused-ring (bicyclic) bond motifs is 1. The van der Waals surface area contributed by atoms with Gasteiger partial charge in [0.15, 0.2) is 21.3 Å². The SMILES string of the molecule is CS(=O)(=O)c1cc(C2CCOCC2)ccc1Nc1cc(CC(=O)C2CC2(F)F)nc2c1nc(C(F)F)n2C1CCCCO1. The number of halogens is 4. The van der Waals surface area contributed by atoms with Gasteiger partial charge in [0.05, 0.1) is 27.9 Å². The number of ketones is 1. The van der Waals surface area contributed by atoms with Crippen LogP contribution in [0.25, 0.3) is 11.2 Å². The molecule has 3 aliphatic rings. The lowest BCUT2D eigenvalue weighted by Gasteiger charge is -2.25. The molecule has 2 unspecified atom stereocenters. The molecule has 43 heavy (non-hydrogen) atoms. The number of rotatable bonds is 9. The molecule has 0 spiro atoms. The van der Waals surface area contributed by atoms with Crippen LogP contribution in [0.4, 0.5) is 28.9 Å². The van der Waals surface area contributed by atoms with E-state index in [1.165, 1.54) is 10.6 Å². The lowest BCUT2D eigenvalue weighted by molar-refractivity contribution is -0.121. The van der Waals surface area contributed by atoms with E-state index in [4.69, 9.17) is 9.47 Å². The van der Waals surface area contributed by atoms with E-state index in [0.29, 0.717) is 26.2 Å². The summed E-state index contributed by atoms with van der Waals surface area (Å²) in [7, 11) is -3.76. The highest BCUT2D eigenvalue weighted by atomic mass is 32.2. The number of alkyl halides is 4. The zero-order valence-corrected chi connectivity index (χ0v) is 24.3. The molecule has 1 aromatic carbocycles. The molecular formula is C29H32F4N4O5S. The fraction of sp³-hybridized carbons (Fsp3) is 0.552. The van der Waals surface area contributed by atoms with Crippen molar-refractivity contribution in [1.29, 1.82) is 0 Å². The second-order valence-corrected chi connectivity index (χ2v) is 13.5. The Kier molecular flexibility index (Phi) is 7.96. The van der Waals surface area contributed by atoms with Crippen LogP contribution in [-0.2, 0) is 30.5 Å². The van der Waals surface area contributed by atoms with Crippen LogP contribution in [0.5, 0.6) is 0 Å². The molecule has 0 bridgehead atoms. The first-order valence-corrected chi connectivity index (χ1v) is 16.2. The normalized spacial score (nSPS) is 22.7. The quantitative estimate of drug-likeness (QED) is 0.294. The molecule has 1 N–H and O–H groups in total. The third-order valence-corrected chi connectivity index (χ3v) is 9.44. The van der Waals surface area contributed by atoms with E-state index in [-0.39, 0.29) is 39.0 Å². The largest absolute Gasteiger partial charge is 0.381 e. The minimum atomic E-state index is -3.76. The molecule has 4 heterocycles. The molecule has 2 aromatic heterocycles. The van der Waals surface area contributed by atoms with Gasteiger partial charge in [-0.25, -0.2) is 35.9 Å². The van der Waals surface area contributed by atoms with Crippen molar-refractivity contribution in [2.45, 2.75) is 74.3 Å². The van der Waals surface area contributed by atoms with E-state index in [2.05, 4.69) is 15.3 Å². The Labute approximate surface area is 245 Å². The number of sulfone groups is 1. The third kappa shape index (κ3) is 6.14. The van der Waals surface area contributed by atoms with E-state index in [0.717, 1.165) is 37.5 Å². The maximum atomic E-state index is 14.3. The molecule has 0 radical (unpaired) electrons. The number of nitrogens with zero attached hydrogens (tertiary/aromatic N) is 3. The molecule has 14 heteroatoms. The number of anilines is 2. The van der Waals surface area contributed by atoms with Gasteiger partial charge < -0.3 is 14.8 Å². The summed E-state index contributed by atoms with van der Waals surface area (Å²) in [6.45, 7) is 1.49. The van der Waals surface area contributed by atoms with Gasteiger partial charge in [-0.05, 0) is 61.8 Å². The van der Waals surface area contributed by atoms with Crippen molar-refractivity contribution >= 4 is 38.2 Å². The van der Waals surface area contributed by atoms with E-state index in [1.807, 2.05) is 6.07 Å². The highest BCUT2D eigenvalue weighted by molar-refractivity contribution is 7.90. The van der Waals surface area contributed by atoms with Crippen LogP contribution in [0.3, 0.4) is 0 Å². The molecule has 0 amide bonds. The summed E-state index contributed by atoms with van der Waals surface area (Å²) in [5.74, 6) is -5.67. The van der Waals surface area contributed by atoms with Gasteiger partial charge in [0.2, 0.25) is 0 Å². The van der Waals surface area contributed by atoms with Crippen LogP contribution in [0.1, 0.15) is 74.2 Å². The number of imidazole rings is 1. The number of carbonyl (C=O) groups is 1. The predicted octanol–water partition coefficient (Wildman–Crippen LogP) is 5.88. The van der Waals surface area contributed by atoms with Crippen LogP contribution in [0.15, 0.2) is 29.2 Å². The minimum absolute atomic E-state index is 0.000771. The van der Waals surface area contributed by atoms with Crippen LogP contribution in [0, 0.1) is 5.92 Å². The number of ether oxygens (including phenoxy) is 2. The summed E-state index contributed by atoms with van der Waals surface area (Å²) in [5, 5.41) is 3.04. The number of hydrogen-bond acceptors (Lipinski definition) is 8. The summed E-state index contributed by atoms with van der Waals surface area (Å²) in [5.41, 5.74) is 1.22. The van der Waals surface area contributed by atoms with Gasteiger partial charge in [-0.15, -0.1) is 0 Å². The van der Waals surface area contributed by atoms with Crippen molar-refractivity contribution in [2.75, 3.05) is 31.4 Å². The number of benzene rings is 1. The number of aromatic nitrogens is 3. The number of pyridine rings is 1. The molecule has 1 aliphatic carbocycles. The molecule has 2 aliphatic heterocycles. The van der Waals surface area contributed by atoms with Crippen molar-refractivity contribution < 1.29 is 40.2 Å². The first kappa shape index (κ1) is 29.9. The number of Topliss-reactive ketones (excluding diaryl/α,β-unsaturated/α-hetero) is 1. The molecule has 232 valence electrons. The second-order valence-electron chi connectivity index (χ2n) is 11.5. The average molecular weight is 625 g/mol. The summed E-state index contributed by atoms with van der Waals surface area (Å²) in [6, 6.07) is 6.40. The van der Waals surface area contributed by atoms with E-state index >= 15 is 0 Å². The molecule has 2 atom stereocenters. The Hall–Kier alpha value is -3.10. The van der Waals surface area contributed by atoms with E-state index in [1.54, 1.807) is 12.1 Å². The maximum Gasteiger partial charge on any atom is 0.295 e. The maximum absolute atomic E-state index is 14.3. The molecule has 3 fully saturated rings. The monoisotopic (exact) mass is 624 g/mol. The van der Waals surface area contributed by atoms with Crippen molar-refractivity contribution in [1.82, 2.24) is 14.5 Å². The summed E-state index contributed by atoms with van der Waals surface area (Å²) in [4.78, 5) is 21.3. The van der Waals surface area contributed by atoms with Crippen LogP contribution >= 0.6 is 0 Å². The van der Waals surface area contributed by atoms with Gasteiger partial charge in [-0.2, -0.15) is 0 Å². The Balaban J connectivity index is 1.46. The second kappa shape index (κ2) is 11.4. The summed E-state index contributed by atoms with van der Waals surface area (Å²) >= 11 is 0. The van der Waals surface area contributed by atoms with Crippen molar-refractivity contribution in [3.05, 3.63) is 41.3 Å². The van der Waals surface area contributed by atoms with Crippen molar-refractivity contribution in [3.63, 3.8) is 0 Å². The lowest BCUT2D eigenvalue weighted by Crippen LogP contribution is -2.21. The zero-order valence-electron chi connectivity index (χ0n) is 23.5. The highest BCUT2D eigenvalue weighted by Crippen LogP contribution is 2.49. The standard InChI is InChI=1S/C29H32F4N4O5S/c1-43(39,40)23-12-17(16-7-10-41-11-8-16)5-6-20(23)35-21-13-18(14-22(38)19-15-29(19,32)33)34-27-25(21)36-28(26(30)31)37(27)24-4-2-3-9-42-24/h5-6,12-13,16,19,24,26H,2-4,7-11,14-15H2,1H3,(H,34,35). The first-order valence-electron chi connectivity index (χ1n) is 14.3. The van der Waals surface area contributed by atoms with E-state index in [9.17, 15) is 30.8 Å². The Morgan fingerprint density at radius 3 is 2.47 bits per heavy atom. The van der Waals surface area contributed by atoms with Crippen LogP contribution < -0.4 is 5.32 Å². The van der Waals surface area contributed by atoms with Gasteiger partial charge in [0.25, 0.3) is 12.3 Å². The zero-order chi connectivity index (χ0) is 30.5. The number of nitrogens with one attached hydrogen (secondary N) is 1. The van der Waals surface area contributed by atoms with Crippen molar-refractivity contribution in [3.8, 4) is 0 Å². The highest BCUT2D eigenvalue weighted by Gasteiger charge is 2.60. The lowest BCUT2D eigenvalue weighted by atomic mass is 9.91. The molecule has 9 nitrogen and oxygen atoms in total. The molecule has 1 saturated carbocycles. The summed E-state index contributed by atoms with van der Waals surface area (Å²) < 4.78 is 94.2. The van der Waals surface area contributed by atoms with E-state index < -0.39 is 58.8 Å². The Bertz CT molecular complexity index is 1650. The predicted molar refractivity (Wildman–Crippen MR) is 149 cm³/mol. The third-order valence-electron chi connectivity index (χ3n) is 8.30. The fourth-order valence-corrected chi connectivity index (χ4v) is 6.79. The Morgan fingerprint density at radius 1 is 1.09 bits per heavy atom. The first-order chi connectivity index (χ1) is 20.4. The van der Waals surface area contributed by atoms with Crippen LogP contribution in [0.2, 0.25) is 0 Å². The van der Waals surface area contributed by atoms with Gasteiger partial charge >= 0.3 is 0 Å². The van der Waals surface area contributed by atoms with Gasteiger partial charge in [0.1, 0.15) is 17.5 Å². The summed E-state index contributed by atoms with van der Waals surface area (Å²) in [6.07, 6.45) is -0.282. The minimum Gasteiger partial charge on any atom is -0.381 e. The van der Waals surface area contributed by atoms with Crippen molar-refractivity contribution in [2.24, 2.45) is 5.92 Å². The van der Waals surface area contributed by atoms with Gasteiger partial charge in [-0.3, -0.25) is 9.36 Å². The molecular weight excluding hydrogens is 592 g/mol. The van der Waals surface area contributed by atoms with Gasteiger partial charge in [0, 0.05) is 38.9 Å². The van der Waals surface area contributed by atoms with Crippen LogP contribution in [-0.4, -0.2) is 60.7 Å². The fourth-order valence-electron chi connectivity index (χ4n) is 5.93. The number of carbonyl (C=O) groups excluding carboxylic acids is 1. The van der Waals surface area contributed by atoms with Gasteiger partial charge in [-0.1, -0.05) is 6.07 Å². The smallest absolute Gasteiger partial charge is 0.295 e.